The van der Waals surface area contributed by atoms with Crippen LogP contribution in [0.5, 0.6) is 0 Å². The van der Waals surface area contributed by atoms with Crippen LogP contribution in [0.3, 0.4) is 0 Å². The SMILES string of the molecule is COC1NC(C(C)C)C(=O)N2CCCC2C(=O)N(C)CC(=O)N(C)C(C(C)C)C(=O)OC(C)C1NC(=O)c1ccc(C)c2oc3c(C)c(=O)c(N)c(C(=O)NC4C(=O)NC(C(C)C)C(=O)N5CCCC5C(=O)N(C)CC(=O)N(C)C(C(C)C)C(=O)OC4C)c-3nc12. The first kappa shape index (κ1) is 70.2. The van der Waals surface area contributed by atoms with Crippen LogP contribution in [0, 0.1) is 37.5 Å². The molecule has 1 aliphatic carbocycles. The number of anilines is 1. The standard InChI is InChI=1S/C63H90N12O16/c1-28(2)43-60(84)74-24-18-20-37(74)58(82)70(13)26-39(76)72(15)49(30(5)6)62(86)89-34(11)45(56(81)66-43)67-55(80)41-42(64)51(78)33(10)53-48(41)65-47-36(23-22-32(9)52(47)91-53)54(79)68-46-35(12)90-63(87)50(31(7)8)73(16)40(77)27-71(14)59(83)38-21-19-25-75(38)61(85)44(29(3)4)69-57(46)88-17/h22-23,28-31,34-35,37-38,43-46,49-50,57,69H,18-21,24-27,64H2,1-17H3,(H,66,81)(H,67,80)(H,68,79). The lowest BCUT2D eigenvalue weighted by molar-refractivity contribution is -0.164. The van der Waals surface area contributed by atoms with E-state index in [-0.39, 0.29) is 53.2 Å². The number of nitrogens with zero attached hydrogens (tertiary/aromatic N) is 7. The van der Waals surface area contributed by atoms with E-state index < -0.39 is 185 Å². The van der Waals surface area contributed by atoms with Gasteiger partial charge in [0.25, 0.3) is 11.8 Å². The monoisotopic (exact) mass is 1270 g/mol. The number of rotatable bonds is 9. The summed E-state index contributed by atoms with van der Waals surface area (Å²) in [5.41, 5.74) is 4.06. The van der Waals surface area contributed by atoms with E-state index in [9.17, 15) is 47.9 Å². The van der Waals surface area contributed by atoms with Crippen molar-refractivity contribution in [2.24, 2.45) is 23.7 Å². The molecule has 5 heterocycles. The number of benzene rings is 2. The van der Waals surface area contributed by atoms with Crippen LogP contribution < -0.4 is 32.4 Å². The maximum Gasteiger partial charge on any atom is 0.329 e. The molecule has 11 unspecified atom stereocenters. The Morgan fingerprint density at radius 1 is 0.670 bits per heavy atom. The van der Waals surface area contributed by atoms with Crippen molar-refractivity contribution in [2.75, 3.05) is 67.2 Å². The van der Waals surface area contributed by atoms with Gasteiger partial charge in [-0.05, 0) is 88.7 Å². The fourth-order valence-electron chi connectivity index (χ4n) is 12.6. The van der Waals surface area contributed by atoms with Gasteiger partial charge in [-0.3, -0.25) is 53.3 Å². The lowest BCUT2D eigenvalue weighted by atomic mass is 9.98. The highest BCUT2D eigenvalue weighted by Gasteiger charge is 2.47. The minimum atomic E-state index is -1.86. The molecular formula is C63H90N12O16. The topological polar surface area (TPSA) is 352 Å². The van der Waals surface area contributed by atoms with Gasteiger partial charge in [0, 0.05) is 54.0 Å². The average Bonchev–Trinajstić information content (AvgIpc) is 1.23. The molecule has 4 saturated heterocycles. The quantitative estimate of drug-likeness (QED) is 0.114. The minimum Gasteiger partial charge on any atom is -0.459 e. The Labute approximate surface area is 529 Å². The van der Waals surface area contributed by atoms with Crippen LogP contribution in [0.2, 0.25) is 0 Å². The van der Waals surface area contributed by atoms with Crippen molar-refractivity contribution < 1.29 is 71.4 Å². The van der Waals surface area contributed by atoms with Crippen molar-refractivity contribution in [2.45, 2.75) is 176 Å². The van der Waals surface area contributed by atoms with Crippen LogP contribution in [0.1, 0.15) is 127 Å². The van der Waals surface area contributed by atoms with E-state index in [1.165, 1.54) is 86.6 Å². The second-order valence-electron chi connectivity index (χ2n) is 25.9. The van der Waals surface area contributed by atoms with Crippen molar-refractivity contribution in [3.05, 3.63) is 44.6 Å². The summed E-state index contributed by atoms with van der Waals surface area (Å²) in [5.74, 6) is -10.5. The first-order chi connectivity index (χ1) is 42.6. The smallest absolute Gasteiger partial charge is 0.329 e. The molecule has 28 heteroatoms. The molecule has 498 valence electrons. The Morgan fingerprint density at radius 2 is 1.16 bits per heavy atom. The Bertz CT molecular complexity index is 3380. The molecule has 7 rings (SSSR count). The number of esters is 2. The van der Waals surface area contributed by atoms with Gasteiger partial charge in [-0.2, -0.15) is 0 Å². The number of amides is 9. The summed E-state index contributed by atoms with van der Waals surface area (Å²) >= 11 is 0. The van der Waals surface area contributed by atoms with Gasteiger partial charge in [-0.1, -0.05) is 61.5 Å². The highest BCUT2D eigenvalue weighted by atomic mass is 16.6. The zero-order valence-electron chi connectivity index (χ0n) is 55.2. The fraction of sp³-hybridized carbons (Fsp3) is 0.635. The van der Waals surface area contributed by atoms with Crippen LogP contribution in [-0.4, -0.2) is 228 Å². The van der Waals surface area contributed by atoms with Crippen molar-refractivity contribution in [1.82, 2.24) is 55.7 Å². The molecule has 4 fully saturated rings. The third-order valence-electron chi connectivity index (χ3n) is 17.9. The molecule has 6 aliphatic rings. The second-order valence-corrected chi connectivity index (χ2v) is 25.9. The van der Waals surface area contributed by atoms with Gasteiger partial charge in [0.1, 0.15) is 71.9 Å². The molecule has 91 heavy (non-hydrogen) atoms. The predicted octanol–water partition coefficient (Wildman–Crippen LogP) is 1.17. The van der Waals surface area contributed by atoms with Gasteiger partial charge in [0.05, 0.1) is 35.9 Å². The van der Waals surface area contributed by atoms with E-state index in [1.54, 1.807) is 68.4 Å². The minimum absolute atomic E-state index is 0.0189. The second kappa shape index (κ2) is 28.5. The number of hydrogen-bond acceptors (Lipinski definition) is 19. The number of likely N-dealkylation sites (N-methyl/N-ethyl adjacent to an activating group) is 4. The molecule has 0 spiro atoms. The number of aryl methyl sites for hydroxylation is 1. The van der Waals surface area contributed by atoms with Gasteiger partial charge >= 0.3 is 11.9 Å². The first-order valence-corrected chi connectivity index (χ1v) is 31.1. The number of carbonyl (C=O) groups is 11. The summed E-state index contributed by atoms with van der Waals surface area (Å²) in [4.78, 5) is 186. The van der Waals surface area contributed by atoms with E-state index in [0.29, 0.717) is 24.8 Å². The number of ether oxygens (including phenoxy) is 3. The van der Waals surface area contributed by atoms with Crippen molar-refractivity contribution in [1.29, 1.82) is 0 Å². The lowest BCUT2D eigenvalue weighted by Gasteiger charge is -2.39. The molecule has 28 nitrogen and oxygen atoms in total. The summed E-state index contributed by atoms with van der Waals surface area (Å²) < 4.78 is 24.6. The maximum atomic E-state index is 15.3. The number of methoxy groups -OCH3 is 1. The number of cyclic esters (lactones) is 2. The molecule has 9 amide bonds. The fourth-order valence-corrected chi connectivity index (χ4v) is 12.6. The van der Waals surface area contributed by atoms with Crippen LogP contribution in [0.4, 0.5) is 5.69 Å². The Hall–Kier alpha value is -8.27. The van der Waals surface area contributed by atoms with Crippen molar-refractivity contribution in [3.8, 4) is 11.5 Å². The van der Waals surface area contributed by atoms with E-state index >= 15 is 9.59 Å². The highest BCUT2D eigenvalue weighted by Crippen LogP contribution is 2.35. The van der Waals surface area contributed by atoms with Gasteiger partial charge in [0.15, 0.2) is 11.3 Å². The van der Waals surface area contributed by atoms with Crippen LogP contribution in [0.15, 0.2) is 21.3 Å². The van der Waals surface area contributed by atoms with Crippen molar-refractivity contribution >= 4 is 81.9 Å². The van der Waals surface area contributed by atoms with Gasteiger partial charge < -0.3 is 69.7 Å². The number of fused-ring (bicyclic) bond motifs is 4. The molecule has 0 saturated carbocycles. The largest absolute Gasteiger partial charge is 0.459 e. The summed E-state index contributed by atoms with van der Waals surface area (Å²) in [5, 5.41) is 11.5. The number of nitrogen functional groups attached to an aromatic ring is 1. The van der Waals surface area contributed by atoms with E-state index in [2.05, 4.69) is 21.3 Å². The van der Waals surface area contributed by atoms with Gasteiger partial charge in [-0.25, -0.2) is 14.6 Å². The Morgan fingerprint density at radius 3 is 1.65 bits per heavy atom. The van der Waals surface area contributed by atoms with E-state index in [0.717, 1.165) is 4.90 Å². The Balaban J connectivity index is 1.33. The van der Waals surface area contributed by atoms with Gasteiger partial charge in [0.2, 0.25) is 46.8 Å². The number of aromatic nitrogens is 1. The molecule has 0 bridgehead atoms. The summed E-state index contributed by atoms with van der Waals surface area (Å²) in [6.07, 6.45) is -2.59. The average molecular weight is 1270 g/mol. The van der Waals surface area contributed by atoms with Crippen LogP contribution in [0.25, 0.3) is 22.6 Å². The third-order valence-corrected chi connectivity index (χ3v) is 17.9. The normalized spacial score (nSPS) is 27.0. The molecular weight excluding hydrogens is 1180 g/mol. The summed E-state index contributed by atoms with van der Waals surface area (Å²) in [7, 11) is 7.01. The molecule has 1 aromatic rings. The maximum absolute atomic E-state index is 15.3. The summed E-state index contributed by atoms with van der Waals surface area (Å²) in [6.45, 7) is 19.1. The molecule has 0 aromatic heterocycles. The zero-order valence-corrected chi connectivity index (χ0v) is 55.2. The number of nitrogens with one attached hydrogen (secondary N) is 4. The molecule has 11 atom stereocenters. The Kier molecular flexibility index (Phi) is 22.0. The van der Waals surface area contributed by atoms with Gasteiger partial charge in [-0.15, -0.1) is 0 Å². The molecule has 5 aliphatic heterocycles. The predicted molar refractivity (Wildman–Crippen MR) is 331 cm³/mol. The molecule has 1 aromatic carbocycles. The third kappa shape index (κ3) is 14.3. The van der Waals surface area contributed by atoms with Crippen LogP contribution in [-0.2, 0) is 57.4 Å². The molecule has 0 radical (unpaired) electrons. The van der Waals surface area contributed by atoms with E-state index in [4.69, 9.17) is 29.3 Å². The molecule has 6 N–H and O–H groups in total. The number of nitrogens with two attached hydrogens (primary N) is 1. The number of carbonyl (C=O) groups excluding carboxylic acids is 11. The van der Waals surface area contributed by atoms with E-state index in [1.807, 2.05) is 0 Å². The first-order valence-electron chi connectivity index (χ1n) is 31.1. The van der Waals surface area contributed by atoms with Crippen LogP contribution >= 0.6 is 0 Å². The summed E-state index contributed by atoms with van der Waals surface area (Å²) in [6, 6.07) is -6.91. The highest BCUT2D eigenvalue weighted by molar-refractivity contribution is 6.10. The van der Waals surface area contributed by atoms with Crippen molar-refractivity contribution in [3.63, 3.8) is 0 Å². The number of hydrogen-bond donors (Lipinski definition) is 5. The zero-order chi connectivity index (χ0) is 67.7. The lowest BCUT2D eigenvalue weighted by Crippen LogP contribution is -2.63.